The summed E-state index contributed by atoms with van der Waals surface area (Å²) < 4.78 is 0. The van der Waals surface area contributed by atoms with Crippen molar-refractivity contribution in [3.8, 4) is 16.5 Å². The zero-order valence-electron chi connectivity index (χ0n) is 11.1. The van der Waals surface area contributed by atoms with Gasteiger partial charge in [-0.3, -0.25) is 0 Å². The molecule has 102 valence electrons. The number of carboxylic acid groups (broad SMARTS) is 1. The van der Waals surface area contributed by atoms with E-state index in [1.165, 1.54) is 11.3 Å². The predicted octanol–water partition coefficient (Wildman–Crippen LogP) is 3.84. The summed E-state index contributed by atoms with van der Waals surface area (Å²) in [5, 5.41) is 19.3. The minimum Gasteiger partial charge on any atom is -0.477 e. The molecule has 2 heterocycles. The van der Waals surface area contributed by atoms with Crippen LogP contribution >= 0.6 is 11.3 Å². The van der Waals surface area contributed by atoms with Crippen molar-refractivity contribution in [1.82, 2.24) is 4.98 Å². The number of thiophene rings is 1. The summed E-state index contributed by atoms with van der Waals surface area (Å²) in [5.74, 6) is -0.957. The number of rotatable bonds is 2. The second kappa shape index (κ2) is 5.00. The lowest BCUT2D eigenvalue weighted by molar-refractivity contribution is 0.0702. The number of hydrogen-bond acceptors (Lipinski definition) is 4. The van der Waals surface area contributed by atoms with E-state index in [-0.39, 0.29) is 4.88 Å². The maximum atomic E-state index is 11.1. The van der Waals surface area contributed by atoms with Crippen LogP contribution in [0, 0.1) is 18.3 Å². The fourth-order valence-electron chi connectivity index (χ4n) is 2.23. The van der Waals surface area contributed by atoms with Crippen LogP contribution in [0.5, 0.6) is 0 Å². The molecule has 1 aromatic carbocycles. The molecule has 0 atom stereocenters. The van der Waals surface area contributed by atoms with Crippen molar-refractivity contribution in [1.29, 1.82) is 5.26 Å². The average Bonchev–Trinajstić information content (AvgIpc) is 2.88. The fourth-order valence-corrected chi connectivity index (χ4v) is 3.26. The smallest absolute Gasteiger partial charge is 0.345 e. The first-order valence-corrected chi connectivity index (χ1v) is 7.06. The summed E-state index contributed by atoms with van der Waals surface area (Å²) in [7, 11) is 0. The van der Waals surface area contributed by atoms with Gasteiger partial charge in [-0.25, -0.2) is 9.78 Å². The van der Waals surface area contributed by atoms with Crippen molar-refractivity contribution in [2.45, 2.75) is 6.92 Å². The van der Waals surface area contributed by atoms with E-state index in [9.17, 15) is 10.1 Å². The Morgan fingerprint density at radius 3 is 2.76 bits per heavy atom. The molecule has 0 aliphatic rings. The Balaban J connectivity index is 2.29. The summed E-state index contributed by atoms with van der Waals surface area (Å²) in [6.45, 7) is 1.84. The molecule has 4 nitrogen and oxygen atoms in total. The molecule has 0 aliphatic carbocycles. The molecule has 5 heteroatoms. The summed E-state index contributed by atoms with van der Waals surface area (Å²) in [6, 6.07) is 13.2. The number of nitrogens with zero attached hydrogens (tertiary/aromatic N) is 2. The van der Waals surface area contributed by atoms with Gasteiger partial charge in [0.15, 0.2) is 0 Å². The molecule has 21 heavy (non-hydrogen) atoms. The molecule has 1 N–H and O–H groups in total. The second-order valence-electron chi connectivity index (χ2n) is 4.62. The van der Waals surface area contributed by atoms with Gasteiger partial charge >= 0.3 is 5.97 Å². The van der Waals surface area contributed by atoms with E-state index in [4.69, 9.17) is 5.11 Å². The summed E-state index contributed by atoms with van der Waals surface area (Å²) >= 11 is 1.17. The number of fused-ring (bicyclic) bond motifs is 1. The van der Waals surface area contributed by atoms with E-state index >= 15 is 0 Å². The molecule has 2 aromatic heterocycles. The lowest BCUT2D eigenvalue weighted by Gasteiger charge is -2.05. The van der Waals surface area contributed by atoms with Crippen molar-refractivity contribution in [3.05, 3.63) is 52.5 Å². The predicted molar refractivity (Wildman–Crippen MR) is 81.5 cm³/mol. The average molecular weight is 294 g/mol. The van der Waals surface area contributed by atoms with E-state index in [1.807, 2.05) is 37.3 Å². The van der Waals surface area contributed by atoms with Crippen LogP contribution in [0.15, 0.2) is 36.4 Å². The van der Waals surface area contributed by atoms with Gasteiger partial charge in [0.1, 0.15) is 16.6 Å². The highest BCUT2D eigenvalue weighted by atomic mass is 32.1. The molecule has 0 radical (unpaired) electrons. The molecule has 0 aliphatic heterocycles. The number of benzene rings is 1. The highest BCUT2D eigenvalue weighted by Crippen LogP contribution is 2.35. The molecule has 0 saturated heterocycles. The number of nitriles is 1. The van der Waals surface area contributed by atoms with Gasteiger partial charge in [0, 0.05) is 15.8 Å². The van der Waals surface area contributed by atoms with Crippen molar-refractivity contribution < 1.29 is 9.90 Å². The molecule has 0 unspecified atom stereocenters. The topological polar surface area (TPSA) is 74.0 Å². The Hall–Kier alpha value is -2.71. The number of pyridine rings is 1. The van der Waals surface area contributed by atoms with Gasteiger partial charge in [0.2, 0.25) is 0 Å². The molecule has 0 fully saturated rings. The first kappa shape index (κ1) is 13.3. The van der Waals surface area contributed by atoms with Crippen LogP contribution in [0.25, 0.3) is 21.3 Å². The van der Waals surface area contributed by atoms with Crippen molar-refractivity contribution in [3.63, 3.8) is 0 Å². The van der Waals surface area contributed by atoms with Gasteiger partial charge < -0.3 is 5.11 Å². The van der Waals surface area contributed by atoms with Crippen LogP contribution in [0.1, 0.15) is 20.9 Å². The Morgan fingerprint density at radius 2 is 2.10 bits per heavy atom. The third kappa shape index (κ3) is 2.26. The molecular weight excluding hydrogens is 284 g/mol. The van der Waals surface area contributed by atoms with Gasteiger partial charge in [0.25, 0.3) is 0 Å². The Bertz CT molecular complexity index is 906. The van der Waals surface area contributed by atoms with Crippen LogP contribution in [-0.4, -0.2) is 16.1 Å². The highest BCUT2D eigenvalue weighted by molar-refractivity contribution is 7.17. The minimum absolute atomic E-state index is 0.263. The van der Waals surface area contributed by atoms with Gasteiger partial charge in [-0.1, -0.05) is 18.2 Å². The maximum absolute atomic E-state index is 11.1. The van der Waals surface area contributed by atoms with Crippen molar-refractivity contribution >= 4 is 28.2 Å². The number of para-hydroxylation sites is 1. The quantitative estimate of drug-likeness (QED) is 0.779. The zero-order valence-corrected chi connectivity index (χ0v) is 11.9. The zero-order chi connectivity index (χ0) is 15.0. The van der Waals surface area contributed by atoms with E-state index < -0.39 is 5.97 Å². The number of carbonyl (C=O) groups is 1. The third-order valence-corrected chi connectivity index (χ3v) is 4.46. The van der Waals surface area contributed by atoms with Gasteiger partial charge in [-0.2, -0.15) is 5.26 Å². The number of aromatic carboxylic acids is 1. The van der Waals surface area contributed by atoms with Crippen LogP contribution < -0.4 is 0 Å². The van der Waals surface area contributed by atoms with Gasteiger partial charge in [0.05, 0.1) is 5.52 Å². The third-order valence-electron chi connectivity index (χ3n) is 3.20. The Morgan fingerprint density at radius 1 is 1.33 bits per heavy atom. The van der Waals surface area contributed by atoms with Crippen molar-refractivity contribution in [2.75, 3.05) is 0 Å². The first-order chi connectivity index (χ1) is 10.1. The van der Waals surface area contributed by atoms with Crippen molar-refractivity contribution in [2.24, 2.45) is 0 Å². The van der Waals surface area contributed by atoms with E-state index in [0.717, 1.165) is 21.3 Å². The first-order valence-electron chi connectivity index (χ1n) is 6.24. The fraction of sp³-hybridized carbons (Fsp3) is 0.0625. The van der Waals surface area contributed by atoms with Gasteiger partial charge in [-0.15, -0.1) is 11.3 Å². The van der Waals surface area contributed by atoms with E-state index in [2.05, 4.69) is 11.1 Å². The number of aryl methyl sites for hydroxylation is 1. The molecule has 0 spiro atoms. The second-order valence-corrected chi connectivity index (χ2v) is 5.67. The van der Waals surface area contributed by atoms with E-state index in [0.29, 0.717) is 11.3 Å². The van der Waals surface area contributed by atoms with Crippen LogP contribution in [-0.2, 0) is 0 Å². The number of aromatic nitrogens is 1. The Kier molecular flexibility index (Phi) is 3.16. The van der Waals surface area contributed by atoms with Crippen LogP contribution in [0.2, 0.25) is 0 Å². The number of hydrogen-bond donors (Lipinski definition) is 1. The summed E-state index contributed by atoms with van der Waals surface area (Å²) in [4.78, 5) is 16.5. The monoisotopic (exact) mass is 294 g/mol. The minimum atomic E-state index is -0.957. The Labute approximate surface area is 124 Å². The molecule has 3 aromatic rings. The summed E-state index contributed by atoms with van der Waals surface area (Å²) in [6.07, 6.45) is 0. The lowest BCUT2D eigenvalue weighted by atomic mass is 10.1. The largest absolute Gasteiger partial charge is 0.477 e. The summed E-state index contributed by atoms with van der Waals surface area (Å²) in [5.41, 5.74) is 2.60. The standard InChI is InChI=1S/C16H10N2O2S/c1-9-6-14(16(19)20)21-15(9)11-7-10-4-2-3-5-12(10)18-13(11)8-17/h2-7H,1H3,(H,19,20). The normalized spacial score (nSPS) is 10.5. The molecule has 0 bridgehead atoms. The maximum Gasteiger partial charge on any atom is 0.345 e. The SMILES string of the molecule is Cc1cc(C(=O)O)sc1-c1cc2ccccc2nc1C#N. The molecule has 0 saturated carbocycles. The lowest BCUT2D eigenvalue weighted by Crippen LogP contribution is -1.90. The van der Waals surface area contributed by atoms with E-state index in [1.54, 1.807) is 6.07 Å². The molecule has 3 rings (SSSR count). The highest BCUT2D eigenvalue weighted by Gasteiger charge is 2.16. The molecule has 0 amide bonds. The number of carboxylic acids is 1. The molecular formula is C16H10N2O2S. The van der Waals surface area contributed by atoms with Crippen LogP contribution in [0.4, 0.5) is 0 Å². The van der Waals surface area contributed by atoms with Gasteiger partial charge in [-0.05, 0) is 30.7 Å². The van der Waals surface area contributed by atoms with Crippen LogP contribution in [0.3, 0.4) is 0 Å².